The highest BCUT2D eigenvalue weighted by atomic mass is 16.2. The van der Waals surface area contributed by atoms with Gasteiger partial charge in [-0.2, -0.15) is 0 Å². The van der Waals surface area contributed by atoms with Gasteiger partial charge in [-0.15, -0.1) is 0 Å². The number of carbonyl (C=O) groups is 4. The maximum absolute atomic E-state index is 11.4. The van der Waals surface area contributed by atoms with Gasteiger partial charge in [0, 0.05) is 40.3 Å². The van der Waals surface area contributed by atoms with Crippen LogP contribution < -0.4 is 0 Å². The molecule has 0 rings (SSSR count). The number of hydrogen-bond acceptors (Lipinski definition) is 4. The summed E-state index contributed by atoms with van der Waals surface area (Å²) in [4.78, 5) is 46.9. The number of nitrogens with zero attached hydrogens (tertiary/aromatic N) is 2. The molecule has 0 aromatic rings. The second-order valence-corrected chi connectivity index (χ2v) is 3.61. The van der Waals surface area contributed by atoms with Gasteiger partial charge in [-0.25, -0.2) is 0 Å². The van der Waals surface area contributed by atoms with E-state index in [0.717, 1.165) is 9.80 Å². The van der Waals surface area contributed by atoms with E-state index in [1.807, 2.05) is 0 Å². The fourth-order valence-corrected chi connectivity index (χ4v) is 1.39. The third-order valence-electron chi connectivity index (χ3n) is 2.29. The normalized spacial score (nSPS) is 9.65. The van der Waals surface area contributed by atoms with Crippen molar-refractivity contribution in [2.45, 2.75) is 34.1 Å². The van der Waals surface area contributed by atoms with Crippen molar-refractivity contribution >= 4 is 23.6 Å². The van der Waals surface area contributed by atoms with Crippen molar-refractivity contribution in [2.24, 2.45) is 0 Å². The third-order valence-corrected chi connectivity index (χ3v) is 2.29. The van der Waals surface area contributed by atoms with E-state index in [9.17, 15) is 19.2 Å². The van der Waals surface area contributed by atoms with Crippen LogP contribution in [0.5, 0.6) is 0 Å². The molecule has 0 saturated carbocycles. The summed E-state index contributed by atoms with van der Waals surface area (Å²) in [5.74, 6) is -1.50. The van der Waals surface area contributed by atoms with Crippen LogP contribution in [-0.2, 0) is 19.2 Å². The highest BCUT2D eigenvalue weighted by Gasteiger charge is 2.20. The summed E-state index contributed by atoms with van der Waals surface area (Å²) in [6.45, 7) is 5.53. The summed E-state index contributed by atoms with van der Waals surface area (Å²) in [5.41, 5.74) is 0. The number of rotatable bonds is 4. The molecule has 17 heavy (non-hydrogen) atoms. The Bertz CT molecular complexity index is 324. The molecule has 0 N–H and O–H groups in total. The highest BCUT2D eigenvalue weighted by molar-refractivity contribution is 5.95. The van der Waals surface area contributed by atoms with Crippen LogP contribution in [0.15, 0.2) is 0 Å². The van der Waals surface area contributed by atoms with Gasteiger partial charge in [0.2, 0.25) is 23.6 Å². The summed E-state index contributed by atoms with van der Waals surface area (Å²) in [6.07, 6.45) is 0.208. The largest absolute Gasteiger partial charge is 0.281 e. The van der Waals surface area contributed by atoms with Crippen molar-refractivity contribution in [3.05, 3.63) is 0 Å². The Morgan fingerprint density at radius 1 is 0.765 bits per heavy atom. The van der Waals surface area contributed by atoms with Crippen molar-refractivity contribution in [1.29, 1.82) is 0 Å². The standard InChI is InChI=1S/C11H18N2O4/c1-5-11(17)13(10(4)16)7-6-12(8(2)14)9(3)15/h5-7H2,1-4H3. The summed E-state index contributed by atoms with van der Waals surface area (Å²) in [5, 5.41) is 0. The molecule has 0 radical (unpaired) electrons. The third kappa shape index (κ3) is 4.76. The molecule has 0 aliphatic heterocycles. The molecule has 0 aromatic heterocycles. The molecule has 0 atom stereocenters. The first-order valence-corrected chi connectivity index (χ1v) is 5.40. The molecule has 0 aliphatic rings. The minimum atomic E-state index is -0.398. The lowest BCUT2D eigenvalue weighted by molar-refractivity contribution is -0.148. The average Bonchev–Trinajstić information content (AvgIpc) is 2.21. The molecule has 0 spiro atoms. The zero-order valence-electron chi connectivity index (χ0n) is 10.6. The maximum Gasteiger partial charge on any atom is 0.228 e. The van der Waals surface area contributed by atoms with Crippen LogP contribution in [0.1, 0.15) is 34.1 Å². The van der Waals surface area contributed by atoms with Crippen LogP contribution in [-0.4, -0.2) is 46.5 Å². The van der Waals surface area contributed by atoms with E-state index in [4.69, 9.17) is 0 Å². The minimum Gasteiger partial charge on any atom is -0.281 e. The van der Waals surface area contributed by atoms with Crippen molar-refractivity contribution < 1.29 is 19.2 Å². The van der Waals surface area contributed by atoms with Gasteiger partial charge >= 0.3 is 0 Å². The fraction of sp³-hybridized carbons (Fsp3) is 0.636. The Kier molecular flexibility index (Phi) is 6.09. The van der Waals surface area contributed by atoms with Gasteiger partial charge in [0.1, 0.15) is 0 Å². The van der Waals surface area contributed by atoms with Gasteiger partial charge < -0.3 is 0 Å². The lowest BCUT2D eigenvalue weighted by Crippen LogP contribution is -2.43. The smallest absolute Gasteiger partial charge is 0.228 e. The quantitative estimate of drug-likeness (QED) is 0.704. The van der Waals surface area contributed by atoms with Crippen LogP contribution >= 0.6 is 0 Å². The molecule has 96 valence electrons. The minimum absolute atomic E-state index is 0.0377. The van der Waals surface area contributed by atoms with E-state index in [2.05, 4.69) is 0 Å². The Hall–Kier alpha value is -1.72. The first-order chi connectivity index (χ1) is 7.81. The van der Waals surface area contributed by atoms with E-state index in [1.54, 1.807) is 6.92 Å². The van der Waals surface area contributed by atoms with Gasteiger partial charge in [0.25, 0.3) is 0 Å². The molecule has 0 fully saturated rings. The molecule has 0 saturated heterocycles. The first-order valence-electron chi connectivity index (χ1n) is 5.40. The topological polar surface area (TPSA) is 74.8 Å². The molecule has 0 unspecified atom stereocenters. The number of carbonyl (C=O) groups excluding carboxylic acids is 4. The van der Waals surface area contributed by atoms with Gasteiger partial charge in [-0.1, -0.05) is 6.92 Å². The Balaban J connectivity index is 4.58. The Labute approximate surface area is 101 Å². The van der Waals surface area contributed by atoms with E-state index in [0.29, 0.717) is 0 Å². The lowest BCUT2D eigenvalue weighted by Gasteiger charge is -2.23. The number of imide groups is 2. The molecule has 0 heterocycles. The highest BCUT2D eigenvalue weighted by Crippen LogP contribution is 1.98. The molecule has 4 amide bonds. The molecule has 6 nitrogen and oxygen atoms in total. The molecule has 6 heteroatoms. The van der Waals surface area contributed by atoms with Crippen LogP contribution in [0.4, 0.5) is 0 Å². The summed E-state index contributed by atoms with van der Waals surface area (Å²) >= 11 is 0. The summed E-state index contributed by atoms with van der Waals surface area (Å²) in [7, 11) is 0. The average molecular weight is 242 g/mol. The SMILES string of the molecule is CCC(=O)N(CCN(C(C)=O)C(C)=O)C(C)=O. The predicted molar refractivity (Wildman–Crippen MR) is 60.8 cm³/mol. The zero-order chi connectivity index (χ0) is 13.6. The second-order valence-electron chi connectivity index (χ2n) is 3.61. The summed E-state index contributed by atoms with van der Waals surface area (Å²) < 4.78 is 0. The first kappa shape index (κ1) is 15.3. The van der Waals surface area contributed by atoms with E-state index in [-0.39, 0.29) is 31.3 Å². The van der Waals surface area contributed by atoms with E-state index < -0.39 is 11.8 Å². The maximum atomic E-state index is 11.4. The predicted octanol–water partition coefficient (Wildman–Crippen LogP) is 0.167. The Morgan fingerprint density at radius 3 is 1.41 bits per heavy atom. The molecular formula is C11H18N2O4. The van der Waals surface area contributed by atoms with Crippen LogP contribution in [0.25, 0.3) is 0 Å². The zero-order valence-corrected chi connectivity index (χ0v) is 10.6. The van der Waals surface area contributed by atoms with E-state index >= 15 is 0 Å². The molecule has 0 bridgehead atoms. The lowest BCUT2D eigenvalue weighted by atomic mass is 10.3. The van der Waals surface area contributed by atoms with Gasteiger partial charge in [0.15, 0.2) is 0 Å². The Morgan fingerprint density at radius 2 is 1.12 bits per heavy atom. The van der Waals surface area contributed by atoms with Crippen molar-refractivity contribution in [3.63, 3.8) is 0 Å². The van der Waals surface area contributed by atoms with Gasteiger partial charge in [-0.3, -0.25) is 29.0 Å². The number of hydrogen-bond donors (Lipinski definition) is 0. The van der Waals surface area contributed by atoms with Gasteiger partial charge in [-0.05, 0) is 0 Å². The monoisotopic (exact) mass is 242 g/mol. The molecule has 0 aromatic carbocycles. The van der Waals surface area contributed by atoms with Crippen LogP contribution in [0.3, 0.4) is 0 Å². The van der Waals surface area contributed by atoms with Crippen LogP contribution in [0.2, 0.25) is 0 Å². The van der Waals surface area contributed by atoms with Crippen molar-refractivity contribution in [1.82, 2.24) is 9.80 Å². The van der Waals surface area contributed by atoms with E-state index in [1.165, 1.54) is 20.8 Å². The number of amides is 4. The molecular weight excluding hydrogens is 224 g/mol. The van der Waals surface area contributed by atoms with Crippen LogP contribution in [0, 0.1) is 0 Å². The summed E-state index contributed by atoms with van der Waals surface area (Å²) in [6, 6.07) is 0. The van der Waals surface area contributed by atoms with Crippen molar-refractivity contribution in [2.75, 3.05) is 13.1 Å². The fourth-order valence-electron chi connectivity index (χ4n) is 1.39. The van der Waals surface area contributed by atoms with Crippen molar-refractivity contribution in [3.8, 4) is 0 Å². The molecule has 0 aliphatic carbocycles. The second kappa shape index (κ2) is 6.78. The van der Waals surface area contributed by atoms with Gasteiger partial charge in [0.05, 0.1) is 0 Å².